The first-order valence-electron chi connectivity index (χ1n) is 7.01. The summed E-state index contributed by atoms with van der Waals surface area (Å²) >= 11 is 0. The number of benzene rings is 1. The molecule has 1 aromatic rings. The summed E-state index contributed by atoms with van der Waals surface area (Å²) in [5, 5.41) is 15.1. The lowest BCUT2D eigenvalue weighted by molar-refractivity contribution is -0.142. The molecule has 0 saturated heterocycles. The summed E-state index contributed by atoms with van der Waals surface area (Å²) in [6.45, 7) is 9.57. The molecule has 0 heterocycles. The molecule has 0 radical (unpaired) electrons. The Labute approximate surface area is 125 Å². The fourth-order valence-corrected chi connectivity index (χ4v) is 1.90. The lowest BCUT2D eigenvalue weighted by Crippen LogP contribution is -2.49. The third-order valence-electron chi connectivity index (χ3n) is 3.59. The number of hydrogen-bond acceptors (Lipinski definition) is 3. The lowest BCUT2D eigenvalue weighted by atomic mass is 9.85. The zero-order valence-corrected chi connectivity index (χ0v) is 13.3. The molecule has 116 valence electrons. The number of likely N-dealkylation sites (N-methyl/N-ethyl adjacent to an activating group) is 1. The second kappa shape index (κ2) is 6.26. The molecule has 5 nitrogen and oxygen atoms in total. The summed E-state index contributed by atoms with van der Waals surface area (Å²) in [6.07, 6.45) is 0. The largest absolute Gasteiger partial charge is 0.481 e. The number of carboxylic acids is 1. The average Bonchev–Trinajstić information content (AvgIpc) is 2.39. The van der Waals surface area contributed by atoms with E-state index in [-0.39, 0.29) is 5.91 Å². The molecule has 5 heteroatoms. The minimum Gasteiger partial charge on any atom is -0.481 e. The Hall–Kier alpha value is -1.88. The molecule has 1 aromatic carbocycles. The number of hydrogen-bond donors (Lipinski definition) is 3. The van der Waals surface area contributed by atoms with Gasteiger partial charge in [0, 0.05) is 5.69 Å². The van der Waals surface area contributed by atoms with E-state index in [0.29, 0.717) is 17.8 Å². The van der Waals surface area contributed by atoms with Crippen molar-refractivity contribution >= 4 is 17.6 Å². The summed E-state index contributed by atoms with van der Waals surface area (Å²) in [4.78, 5) is 23.4. The average molecular weight is 292 g/mol. The van der Waals surface area contributed by atoms with E-state index in [2.05, 4.69) is 10.6 Å². The number of rotatable bonds is 6. The van der Waals surface area contributed by atoms with E-state index >= 15 is 0 Å². The van der Waals surface area contributed by atoms with Gasteiger partial charge in [-0.15, -0.1) is 0 Å². The second-order valence-corrected chi connectivity index (χ2v) is 6.12. The summed E-state index contributed by atoms with van der Waals surface area (Å²) < 4.78 is 0. The Morgan fingerprint density at radius 2 is 1.62 bits per heavy atom. The molecule has 0 aliphatic heterocycles. The van der Waals surface area contributed by atoms with Crippen LogP contribution in [-0.2, 0) is 15.0 Å². The number of carbonyl (C=O) groups is 2. The third-order valence-corrected chi connectivity index (χ3v) is 3.59. The SMILES string of the molecule is CCNC(C)(C)C(=O)Nc1ccc(C(C)(C)C(=O)O)cc1. The van der Waals surface area contributed by atoms with Crippen molar-refractivity contribution in [2.24, 2.45) is 0 Å². The number of aliphatic carboxylic acids is 1. The van der Waals surface area contributed by atoms with Crippen LogP contribution in [0.3, 0.4) is 0 Å². The van der Waals surface area contributed by atoms with Gasteiger partial charge in [-0.05, 0) is 51.9 Å². The van der Waals surface area contributed by atoms with E-state index in [1.165, 1.54) is 0 Å². The van der Waals surface area contributed by atoms with E-state index in [9.17, 15) is 14.7 Å². The van der Waals surface area contributed by atoms with Gasteiger partial charge in [-0.2, -0.15) is 0 Å². The molecular weight excluding hydrogens is 268 g/mol. The maximum Gasteiger partial charge on any atom is 0.313 e. The zero-order chi connectivity index (χ0) is 16.3. The van der Waals surface area contributed by atoms with Gasteiger partial charge in [-0.3, -0.25) is 9.59 Å². The van der Waals surface area contributed by atoms with E-state index < -0.39 is 16.9 Å². The standard InChI is InChI=1S/C16H24N2O3/c1-6-17-16(4,5)13(19)18-12-9-7-11(8-10-12)15(2,3)14(20)21/h7-10,17H,6H2,1-5H3,(H,18,19)(H,20,21). The van der Waals surface area contributed by atoms with Gasteiger partial charge in [0.1, 0.15) is 0 Å². The van der Waals surface area contributed by atoms with Crippen LogP contribution in [-0.4, -0.2) is 29.1 Å². The smallest absolute Gasteiger partial charge is 0.313 e. The van der Waals surface area contributed by atoms with Crippen LogP contribution < -0.4 is 10.6 Å². The third kappa shape index (κ3) is 4.04. The Bertz CT molecular complexity index is 519. The highest BCUT2D eigenvalue weighted by molar-refractivity contribution is 5.97. The van der Waals surface area contributed by atoms with Crippen molar-refractivity contribution in [2.45, 2.75) is 45.6 Å². The van der Waals surface area contributed by atoms with Crippen LogP contribution in [0.2, 0.25) is 0 Å². The van der Waals surface area contributed by atoms with Crippen LogP contribution in [0.4, 0.5) is 5.69 Å². The van der Waals surface area contributed by atoms with Crippen LogP contribution in [0.25, 0.3) is 0 Å². The molecule has 0 fully saturated rings. The number of nitrogens with one attached hydrogen (secondary N) is 2. The van der Waals surface area contributed by atoms with Crippen molar-refractivity contribution < 1.29 is 14.7 Å². The quantitative estimate of drug-likeness (QED) is 0.752. The molecule has 0 bridgehead atoms. The summed E-state index contributed by atoms with van der Waals surface area (Å²) in [5.41, 5.74) is -0.269. The maximum atomic E-state index is 12.1. The van der Waals surface area contributed by atoms with Crippen molar-refractivity contribution in [3.63, 3.8) is 0 Å². The Balaban J connectivity index is 2.85. The zero-order valence-electron chi connectivity index (χ0n) is 13.3. The predicted molar refractivity (Wildman–Crippen MR) is 83.5 cm³/mol. The molecule has 0 aromatic heterocycles. The summed E-state index contributed by atoms with van der Waals surface area (Å²) in [6, 6.07) is 6.90. The number of amides is 1. The topological polar surface area (TPSA) is 78.4 Å². The van der Waals surface area contributed by atoms with Gasteiger partial charge in [-0.25, -0.2) is 0 Å². The fraction of sp³-hybridized carbons (Fsp3) is 0.500. The highest BCUT2D eigenvalue weighted by Gasteiger charge is 2.29. The first-order valence-corrected chi connectivity index (χ1v) is 7.01. The van der Waals surface area contributed by atoms with Crippen LogP contribution >= 0.6 is 0 Å². The molecule has 0 saturated carbocycles. The highest BCUT2D eigenvalue weighted by Crippen LogP contribution is 2.25. The van der Waals surface area contributed by atoms with E-state index in [0.717, 1.165) is 0 Å². The van der Waals surface area contributed by atoms with Gasteiger partial charge < -0.3 is 15.7 Å². The molecule has 0 aliphatic rings. The highest BCUT2D eigenvalue weighted by atomic mass is 16.4. The monoisotopic (exact) mass is 292 g/mol. The first kappa shape index (κ1) is 17.2. The van der Waals surface area contributed by atoms with Crippen molar-refractivity contribution in [2.75, 3.05) is 11.9 Å². The van der Waals surface area contributed by atoms with Gasteiger partial charge in [-0.1, -0.05) is 19.1 Å². The maximum absolute atomic E-state index is 12.1. The van der Waals surface area contributed by atoms with Gasteiger partial charge in [0.15, 0.2) is 0 Å². The van der Waals surface area contributed by atoms with Crippen molar-refractivity contribution in [1.82, 2.24) is 5.32 Å². The van der Waals surface area contributed by atoms with Crippen LogP contribution in [0.15, 0.2) is 24.3 Å². The predicted octanol–water partition coefficient (Wildman–Crippen LogP) is 2.38. The molecule has 1 amide bonds. The lowest BCUT2D eigenvalue weighted by Gasteiger charge is -2.25. The fourth-order valence-electron chi connectivity index (χ4n) is 1.90. The van der Waals surface area contributed by atoms with Gasteiger partial charge in [0.05, 0.1) is 11.0 Å². The van der Waals surface area contributed by atoms with E-state index in [1.54, 1.807) is 38.1 Å². The number of carboxylic acid groups (broad SMARTS) is 1. The van der Waals surface area contributed by atoms with Crippen LogP contribution in [0, 0.1) is 0 Å². The van der Waals surface area contributed by atoms with Crippen molar-refractivity contribution in [3.8, 4) is 0 Å². The van der Waals surface area contributed by atoms with Crippen molar-refractivity contribution in [3.05, 3.63) is 29.8 Å². The van der Waals surface area contributed by atoms with E-state index in [4.69, 9.17) is 0 Å². The van der Waals surface area contributed by atoms with Crippen LogP contribution in [0.1, 0.15) is 40.2 Å². The van der Waals surface area contributed by atoms with Gasteiger partial charge in [0.25, 0.3) is 0 Å². The van der Waals surface area contributed by atoms with Gasteiger partial charge >= 0.3 is 5.97 Å². The van der Waals surface area contributed by atoms with E-state index in [1.807, 2.05) is 20.8 Å². The molecule has 0 atom stereocenters. The normalized spacial score (nSPS) is 12.0. The summed E-state index contributed by atoms with van der Waals surface area (Å²) in [5.74, 6) is -1.01. The minimum atomic E-state index is -0.953. The number of anilines is 1. The molecule has 21 heavy (non-hydrogen) atoms. The summed E-state index contributed by atoms with van der Waals surface area (Å²) in [7, 11) is 0. The molecule has 0 aliphatic carbocycles. The Kier molecular flexibility index (Phi) is 5.12. The molecule has 0 spiro atoms. The van der Waals surface area contributed by atoms with Crippen LogP contribution in [0.5, 0.6) is 0 Å². The molecular formula is C16H24N2O3. The second-order valence-electron chi connectivity index (χ2n) is 6.12. The number of carbonyl (C=O) groups excluding carboxylic acids is 1. The minimum absolute atomic E-state index is 0.130. The Morgan fingerprint density at radius 1 is 1.10 bits per heavy atom. The molecule has 3 N–H and O–H groups in total. The Morgan fingerprint density at radius 3 is 2.05 bits per heavy atom. The van der Waals surface area contributed by atoms with Gasteiger partial charge in [0.2, 0.25) is 5.91 Å². The first-order chi connectivity index (χ1) is 9.61. The van der Waals surface area contributed by atoms with Crippen molar-refractivity contribution in [1.29, 1.82) is 0 Å². The molecule has 0 unspecified atom stereocenters. The molecule has 1 rings (SSSR count).